The highest BCUT2D eigenvalue weighted by Crippen LogP contribution is 2.16. The molecule has 1 aliphatic heterocycles. The van der Waals surface area contributed by atoms with Gasteiger partial charge in [0.05, 0.1) is 12.7 Å². The molecule has 0 spiro atoms. The van der Waals surface area contributed by atoms with E-state index in [9.17, 15) is 0 Å². The molecule has 110 valence electrons. The Bertz CT molecular complexity index is 532. The van der Waals surface area contributed by atoms with Crippen LogP contribution in [0, 0.1) is 0 Å². The van der Waals surface area contributed by atoms with Crippen molar-refractivity contribution in [1.82, 2.24) is 9.97 Å². The SMILES string of the molecule is c1ccc(CCCC2CN(c3ncccn3)CCO2)cc1. The zero-order valence-corrected chi connectivity index (χ0v) is 12.2. The first-order chi connectivity index (χ1) is 10.4. The normalized spacial score (nSPS) is 18.7. The van der Waals surface area contributed by atoms with Crippen LogP contribution in [0.15, 0.2) is 48.8 Å². The molecule has 2 heterocycles. The topological polar surface area (TPSA) is 38.2 Å². The molecule has 1 atom stereocenters. The van der Waals surface area contributed by atoms with E-state index in [1.165, 1.54) is 5.56 Å². The third-order valence-electron chi connectivity index (χ3n) is 3.81. The van der Waals surface area contributed by atoms with Gasteiger partial charge in [0, 0.05) is 25.5 Å². The van der Waals surface area contributed by atoms with Crippen LogP contribution in [0.1, 0.15) is 18.4 Å². The third-order valence-corrected chi connectivity index (χ3v) is 3.81. The minimum atomic E-state index is 0.284. The van der Waals surface area contributed by atoms with Crippen LogP contribution < -0.4 is 4.90 Å². The van der Waals surface area contributed by atoms with Gasteiger partial charge in [-0.15, -0.1) is 0 Å². The van der Waals surface area contributed by atoms with Crippen LogP contribution in [-0.2, 0) is 11.2 Å². The number of morpholine rings is 1. The number of benzene rings is 1. The molecule has 0 bridgehead atoms. The Hall–Kier alpha value is -1.94. The maximum Gasteiger partial charge on any atom is 0.225 e. The molecule has 4 nitrogen and oxygen atoms in total. The fraction of sp³-hybridized carbons (Fsp3) is 0.412. The molecule has 0 radical (unpaired) electrons. The Morgan fingerprint density at radius 3 is 2.71 bits per heavy atom. The van der Waals surface area contributed by atoms with E-state index in [4.69, 9.17) is 4.74 Å². The van der Waals surface area contributed by atoms with Gasteiger partial charge in [-0.05, 0) is 30.9 Å². The molecule has 0 aliphatic carbocycles. The van der Waals surface area contributed by atoms with Crippen LogP contribution in [0.4, 0.5) is 5.95 Å². The zero-order valence-electron chi connectivity index (χ0n) is 12.2. The van der Waals surface area contributed by atoms with E-state index in [1.807, 2.05) is 6.07 Å². The predicted octanol–water partition coefficient (Wildman–Crippen LogP) is 2.70. The minimum absolute atomic E-state index is 0.284. The summed E-state index contributed by atoms with van der Waals surface area (Å²) in [6, 6.07) is 12.5. The van der Waals surface area contributed by atoms with Crippen LogP contribution >= 0.6 is 0 Å². The second kappa shape index (κ2) is 7.18. The van der Waals surface area contributed by atoms with Crippen LogP contribution in [0.2, 0.25) is 0 Å². The summed E-state index contributed by atoms with van der Waals surface area (Å²) >= 11 is 0. The summed E-state index contributed by atoms with van der Waals surface area (Å²) in [4.78, 5) is 10.9. The lowest BCUT2D eigenvalue weighted by molar-refractivity contribution is 0.0335. The molecule has 1 saturated heterocycles. The first-order valence-corrected chi connectivity index (χ1v) is 7.59. The Labute approximate surface area is 125 Å². The van der Waals surface area contributed by atoms with Gasteiger partial charge in [-0.25, -0.2) is 9.97 Å². The fourth-order valence-corrected chi connectivity index (χ4v) is 2.71. The number of hydrogen-bond donors (Lipinski definition) is 0. The van der Waals surface area contributed by atoms with Crippen molar-refractivity contribution in [2.45, 2.75) is 25.4 Å². The van der Waals surface area contributed by atoms with Crippen molar-refractivity contribution in [2.24, 2.45) is 0 Å². The van der Waals surface area contributed by atoms with Crippen LogP contribution in [-0.4, -0.2) is 35.8 Å². The highest BCUT2D eigenvalue weighted by atomic mass is 16.5. The number of aryl methyl sites for hydroxylation is 1. The molecule has 2 aromatic rings. The molecule has 21 heavy (non-hydrogen) atoms. The van der Waals surface area contributed by atoms with Crippen molar-refractivity contribution in [3.05, 3.63) is 54.4 Å². The zero-order chi connectivity index (χ0) is 14.3. The summed E-state index contributed by atoms with van der Waals surface area (Å²) < 4.78 is 5.87. The Balaban J connectivity index is 1.48. The van der Waals surface area contributed by atoms with Gasteiger partial charge in [0.15, 0.2) is 0 Å². The standard InChI is InChI=1S/C17H21N3O/c1-2-6-15(7-3-1)8-4-9-16-14-20(12-13-21-16)17-18-10-5-11-19-17/h1-3,5-7,10-11,16H,4,8-9,12-14H2. The lowest BCUT2D eigenvalue weighted by Gasteiger charge is -2.32. The second-order valence-electron chi connectivity index (χ2n) is 5.37. The van der Waals surface area contributed by atoms with E-state index in [0.717, 1.165) is 44.9 Å². The molecular formula is C17H21N3O. The lowest BCUT2D eigenvalue weighted by atomic mass is 10.1. The summed E-state index contributed by atoms with van der Waals surface area (Å²) in [6.07, 6.45) is 7.22. The van der Waals surface area contributed by atoms with E-state index in [2.05, 4.69) is 45.2 Å². The Kier molecular flexibility index (Phi) is 4.79. The molecule has 1 aliphatic rings. The van der Waals surface area contributed by atoms with E-state index in [1.54, 1.807) is 12.4 Å². The van der Waals surface area contributed by atoms with E-state index >= 15 is 0 Å². The average molecular weight is 283 g/mol. The van der Waals surface area contributed by atoms with Crippen molar-refractivity contribution >= 4 is 5.95 Å². The first-order valence-electron chi connectivity index (χ1n) is 7.59. The summed E-state index contributed by atoms with van der Waals surface area (Å²) in [7, 11) is 0. The monoisotopic (exact) mass is 283 g/mol. The molecule has 1 aromatic heterocycles. The highest BCUT2D eigenvalue weighted by Gasteiger charge is 2.21. The smallest absolute Gasteiger partial charge is 0.225 e. The summed E-state index contributed by atoms with van der Waals surface area (Å²) in [5.74, 6) is 0.814. The van der Waals surface area contributed by atoms with Gasteiger partial charge in [-0.3, -0.25) is 0 Å². The van der Waals surface area contributed by atoms with E-state index < -0.39 is 0 Å². The number of hydrogen-bond acceptors (Lipinski definition) is 4. The fourth-order valence-electron chi connectivity index (χ4n) is 2.71. The van der Waals surface area contributed by atoms with Gasteiger partial charge in [0.1, 0.15) is 0 Å². The van der Waals surface area contributed by atoms with Gasteiger partial charge in [0.2, 0.25) is 5.95 Å². The summed E-state index contributed by atoms with van der Waals surface area (Å²) in [6.45, 7) is 2.52. The van der Waals surface area contributed by atoms with Crippen LogP contribution in [0.3, 0.4) is 0 Å². The van der Waals surface area contributed by atoms with Gasteiger partial charge in [-0.1, -0.05) is 30.3 Å². The number of nitrogens with zero attached hydrogens (tertiary/aromatic N) is 3. The van der Waals surface area contributed by atoms with Gasteiger partial charge < -0.3 is 9.64 Å². The molecule has 0 amide bonds. The Morgan fingerprint density at radius 1 is 1.10 bits per heavy atom. The lowest BCUT2D eigenvalue weighted by Crippen LogP contribution is -2.43. The minimum Gasteiger partial charge on any atom is -0.375 e. The molecule has 3 rings (SSSR count). The molecule has 4 heteroatoms. The predicted molar refractivity (Wildman–Crippen MR) is 83.4 cm³/mol. The Morgan fingerprint density at radius 2 is 1.90 bits per heavy atom. The summed E-state index contributed by atoms with van der Waals surface area (Å²) in [5, 5.41) is 0. The van der Waals surface area contributed by atoms with Crippen molar-refractivity contribution in [1.29, 1.82) is 0 Å². The molecule has 1 unspecified atom stereocenters. The number of ether oxygens (including phenoxy) is 1. The van der Waals surface area contributed by atoms with Crippen LogP contribution in [0.25, 0.3) is 0 Å². The van der Waals surface area contributed by atoms with Gasteiger partial charge >= 0.3 is 0 Å². The van der Waals surface area contributed by atoms with Gasteiger partial charge in [0.25, 0.3) is 0 Å². The molecule has 1 aromatic carbocycles. The van der Waals surface area contributed by atoms with E-state index in [0.29, 0.717) is 0 Å². The molecule has 1 fully saturated rings. The van der Waals surface area contributed by atoms with Crippen molar-refractivity contribution in [3.8, 4) is 0 Å². The maximum absolute atomic E-state index is 5.87. The summed E-state index contributed by atoms with van der Waals surface area (Å²) in [5.41, 5.74) is 1.40. The molecule has 0 saturated carbocycles. The van der Waals surface area contributed by atoms with Crippen LogP contribution in [0.5, 0.6) is 0 Å². The van der Waals surface area contributed by atoms with E-state index in [-0.39, 0.29) is 6.10 Å². The number of aromatic nitrogens is 2. The number of rotatable bonds is 5. The largest absolute Gasteiger partial charge is 0.375 e. The highest BCUT2D eigenvalue weighted by molar-refractivity contribution is 5.29. The van der Waals surface area contributed by atoms with Crippen molar-refractivity contribution in [2.75, 3.05) is 24.6 Å². The third kappa shape index (κ3) is 4.02. The maximum atomic E-state index is 5.87. The van der Waals surface area contributed by atoms with Crippen molar-refractivity contribution < 1.29 is 4.74 Å². The van der Waals surface area contributed by atoms with Gasteiger partial charge in [-0.2, -0.15) is 0 Å². The first kappa shape index (κ1) is 14.0. The second-order valence-corrected chi connectivity index (χ2v) is 5.37. The molecule has 0 N–H and O–H groups in total. The number of anilines is 1. The molecular weight excluding hydrogens is 262 g/mol. The average Bonchev–Trinajstić information content (AvgIpc) is 2.57. The van der Waals surface area contributed by atoms with Crippen molar-refractivity contribution in [3.63, 3.8) is 0 Å². The quantitative estimate of drug-likeness (QED) is 0.845.